The summed E-state index contributed by atoms with van der Waals surface area (Å²) in [5.41, 5.74) is 0. The van der Waals surface area contributed by atoms with E-state index in [0.717, 1.165) is 12.8 Å². The molecule has 84 valence electrons. The van der Waals surface area contributed by atoms with Crippen molar-refractivity contribution in [2.45, 2.75) is 43.3 Å². The third-order valence-electron chi connectivity index (χ3n) is 2.86. The number of hydrogen-bond donors (Lipinski definition) is 0. The molecule has 1 saturated heterocycles. The molecule has 0 spiro atoms. The van der Waals surface area contributed by atoms with E-state index in [4.69, 9.17) is 21.1 Å². The van der Waals surface area contributed by atoms with Gasteiger partial charge in [-0.05, 0) is 12.5 Å². The maximum Gasteiger partial charge on any atom is 0.334 e. The molecule has 0 aromatic carbocycles. The molecule has 0 N–H and O–H groups in total. The Kier molecular flexibility index (Phi) is 3.03. The van der Waals surface area contributed by atoms with Crippen LogP contribution in [0.4, 0.5) is 0 Å². The van der Waals surface area contributed by atoms with Gasteiger partial charge in [0.15, 0.2) is 4.87 Å². The lowest BCUT2D eigenvalue weighted by Gasteiger charge is -2.41. The maximum absolute atomic E-state index is 11.5. The van der Waals surface area contributed by atoms with Crippen LogP contribution in [0.5, 0.6) is 0 Å². The van der Waals surface area contributed by atoms with Crippen LogP contribution in [0.25, 0.3) is 0 Å². The zero-order valence-corrected chi connectivity index (χ0v) is 9.50. The average molecular weight is 231 g/mol. The summed E-state index contributed by atoms with van der Waals surface area (Å²) in [7, 11) is 0. The minimum Gasteiger partial charge on any atom is -0.456 e. The number of carbonyl (C=O) groups is 1. The summed E-state index contributed by atoms with van der Waals surface area (Å²) < 4.78 is 10.7. The van der Waals surface area contributed by atoms with E-state index in [2.05, 4.69) is 6.92 Å². The van der Waals surface area contributed by atoms with Crippen LogP contribution in [-0.4, -0.2) is 29.7 Å². The predicted octanol–water partition coefficient (Wildman–Crippen LogP) is 2.03. The lowest BCUT2D eigenvalue weighted by molar-refractivity contribution is -0.165. The van der Waals surface area contributed by atoms with Crippen molar-refractivity contribution >= 4 is 17.6 Å². The number of hydrogen-bond acceptors (Lipinski definition) is 3. The lowest BCUT2D eigenvalue weighted by atomic mass is 9.87. The number of alkyl halides is 1. The first-order chi connectivity index (χ1) is 7.16. The smallest absolute Gasteiger partial charge is 0.334 e. The summed E-state index contributed by atoms with van der Waals surface area (Å²) in [4.78, 5) is 10.5. The summed E-state index contributed by atoms with van der Waals surface area (Å²) >= 11 is 6.21. The van der Waals surface area contributed by atoms with E-state index in [1.807, 2.05) is 6.08 Å². The number of halogens is 1. The summed E-state index contributed by atoms with van der Waals surface area (Å²) in [5, 5.41) is 0. The van der Waals surface area contributed by atoms with Crippen molar-refractivity contribution < 1.29 is 14.3 Å². The van der Waals surface area contributed by atoms with Crippen molar-refractivity contribution in [3.63, 3.8) is 0 Å². The first kappa shape index (κ1) is 11.0. The number of rotatable bonds is 4. The molecule has 2 aliphatic heterocycles. The molecule has 2 bridgehead atoms. The molecule has 0 saturated carbocycles. The Labute approximate surface area is 94.4 Å². The van der Waals surface area contributed by atoms with Gasteiger partial charge in [-0.3, -0.25) is 0 Å². The van der Waals surface area contributed by atoms with Crippen molar-refractivity contribution in [1.82, 2.24) is 0 Å². The van der Waals surface area contributed by atoms with Crippen LogP contribution >= 0.6 is 11.6 Å². The van der Waals surface area contributed by atoms with E-state index in [0.29, 0.717) is 13.0 Å². The zero-order chi connectivity index (χ0) is 10.9. The quantitative estimate of drug-likeness (QED) is 0.321. The minimum absolute atomic E-state index is 0.148. The van der Waals surface area contributed by atoms with Crippen molar-refractivity contribution in [2.75, 3.05) is 6.61 Å². The third-order valence-corrected chi connectivity index (χ3v) is 3.38. The van der Waals surface area contributed by atoms with Gasteiger partial charge in [-0.25, -0.2) is 4.79 Å². The van der Waals surface area contributed by atoms with E-state index in [1.165, 1.54) is 0 Å². The molecule has 3 rings (SSSR count). The summed E-state index contributed by atoms with van der Waals surface area (Å²) in [6.45, 7) is 2.75. The topological polar surface area (TPSA) is 35.5 Å². The van der Waals surface area contributed by atoms with Gasteiger partial charge >= 0.3 is 5.97 Å². The van der Waals surface area contributed by atoms with Crippen molar-refractivity contribution in [1.29, 1.82) is 0 Å². The van der Waals surface area contributed by atoms with Crippen LogP contribution in [0.15, 0.2) is 12.2 Å². The largest absolute Gasteiger partial charge is 0.456 e. The predicted molar refractivity (Wildman–Crippen MR) is 56.9 cm³/mol. The molecule has 0 amide bonds. The Morgan fingerprint density at radius 2 is 2.53 bits per heavy atom. The van der Waals surface area contributed by atoms with Crippen molar-refractivity contribution in [3.8, 4) is 0 Å². The molecule has 3 atom stereocenters. The Balaban J connectivity index is 2.02. The minimum atomic E-state index is -1.08. The first-order valence-electron chi connectivity index (χ1n) is 5.37. The molecule has 0 aromatic heterocycles. The number of fused-ring (bicyclic) bond motifs is 2. The second-order valence-electron chi connectivity index (χ2n) is 4.02. The SMILES string of the molecule is CCCCO[C@H]1C[C@H]2C=C[C@]1(Cl)C(=O)O2. The fourth-order valence-electron chi connectivity index (χ4n) is 1.89. The van der Waals surface area contributed by atoms with Crippen LogP contribution in [0, 0.1) is 0 Å². The van der Waals surface area contributed by atoms with E-state index >= 15 is 0 Å². The molecular weight excluding hydrogens is 216 g/mol. The molecular formula is C11H15ClO3. The van der Waals surface area contributed by atoms with Crippen LogP contribution in [0.1, 0.15) is 26.2 Å². The van der Waals surface area contributed by atoms with Gasteiger partial charge in [0.2, 0.25) is 0 Å². The molecule has 1 fully saturated rings. The van der Waals surface area contributed by atoms with E-state index in [9.17, 15) is 4.79 Å². The highest BCUT2D eigenvalue weighted by Crippen LogP contribution is 2.39. The highest BCUT2D eigenvalue weighted by Gasteiger charge is 2.52. The Morgan fingerprint density at radius 3 is 3.20 bits per heavy atom. The van der Waals surface area contributed by atoms with Gasteiger partial charge in [-0.1, -0.05) is 31.0 Å². The molecule has 4 heteroatoms. The number of carbonyl (C=O) groups excluding carboxylic acids is 1. The van der Waals surface area contributed by atoms with Gasteiger partial charge in [0.05, 0.1) is 6.10 Å². The molecule has 15 heavy (non-hydrogen) atoms. The van der Waals surface area contributed by atoms with Crippen molar-refractivity contribution in [2.24, 2.45) is 0 Å². The first-order valence-corrected chi connectivity index (χ1v) is 5.75. The van der Waals surface area contributed by atoms with Gasteiger partial charge in [-0.15, -0.1) is 0 Å². The average Bonchev–Trinajstić information content (AvgIpc) is 2.21. The summed E-state index contributed by atoms with van der Waals surface area (Å²) in [5.74, 6) is -0.371. The van der Waals surface area contributed by atoms with E-state index in [-0.39, 0.29) is 18.2 Å². The fourth-order valence-corrected chi connectivity index (χ4v) is 2.16. The third kappa shape index (κ3) is 1.91. The van der Waals surface area contributed by atoms with Gasteiger partial charge in [0.1, 0.15) is 6.10 Å². The van der Waals surface area contributed by atoms with Crippen LogP contribution in [0.3, 0.4) is 0 Å². The lowest BCUT2D eigenvalue weighted by Crippen LogP contribution is -2.55. The van der Waals surface area contributed by atoms with Crippen LogP contribution in [0.2, 0.25) is 0 Å². The zero-order valence-electron chi connectivity index (χ0n) is 8.74. The number of esters is 1. The number of ether oxygens (including phenoxy) is 2. The standard InChI is InChI=1S/C11H15ClO3/c1-2-3-6-14-9-7-8-4-5-11(9,12)10(13)15-8/h4-5,8-9H,2-3,6-7H2,1H3/t8-,9+,11-/m1/s1. The van der Waals surface area contributed by atoms with Gasteiger partial charge in [-0.2, -0.15) is 0 Å². The molecule has 0 radical (unpaired) electrons. The molecule has 0 aromatic rings. The molecule has 0 unspecified atom stereocenters. The fraction of sp³-hybridized carbons (Fsp3) is 0.727. The van der Waals surface area contributed by atoms with Crippen LogP contribution < -0.4 is 0 Å². The summed E-state index contributed by atoms with van der Waals surface area (Å²) in [6.07, 6.45) is 5.92. The van der Waals surface area contributed by atoms with E-state index < -0.39 is 4.87 Å². The number of unbranched alkanes of at least 4 members (excludes halogenated alkanes) is 1. The van der Waals surface area contributed by atoms with Gasteiger partial charge in [0.25, 0.3) is 0 Å². The Morgan fingerprint density at radius 1 is 1.73 bits per heavy atom. The van der Waals surface area contributed by atoms with Gasteiger partial charge < -0.3 is 9.47 Å². The normalized spacial score (nSPS) is 38.1. The Bertz CT molecular complexity index is 290. The maximum atomic E-state index is 11.5. The summed E-state index contributed by atoms with van der Waals surface area (Å²) in [6, 6.07) is 0. The molecule has 1 aliphatic carbocycles. The molecule has 2 heterocycles. The molecule has 3 aliphatic rings. The highest BCUT2D eigenvalue weighted by molar-refractivity contribution is 6.36. The molecule has 3 nitrogen and oxygen atoms in total. The van der Waals surface area contributed by atoms with Crippen LogP contribution in [-0.2, 0) is 14.3 Å². The Hall–Kier alpha value is -0.540. The second kappa shape index (κ2) is 4.14. The van der Waals surface area contributed by atoms with Gasteiger partial charge in [0, 0.05) is 13.0 Å². The second-order valence-corrected chi connectivity index (χ2v) is 4.65. The van der Waals surface area contributed by atoms with E-state index in [1.54, 1.807) is 6.08 Å². The highest BCUT2D eigenvalue weighted by atomic mass is 35.5. The van der Waals surface area contributed by atoms with Crippen molar-refractivity contribution in [3.05, 3.63) is 12.2 Å². The monoisotopic (exact) mass is 230 g/mol.